The summed E-state index contributed by atoms with van der Waals surface area (Å²) in [6, 6.07) is 16.4. The van der Waals surface area contributed by atoms with E-state index >= 15 is 0 Å². The Bertz CT molecular complexity index is 3010. The Kier molecular flexibility index (Phi) is 29.3. The van der Waals surface area contributed by atoms with Crippen molar-refractivity contribution in [3.8, 4) is 23.0 Å². The number of phenols is 4. The van der Waals surface area contributed by atoms with E-state index in [-0.39, 0.29) is 107 Å². The molecule has 6 N–H and O–H groups in total. The first-order valence-corrected chi connectivity index (χ1v) is 29.8. The normalized spacial score (nSPS) is 13.1. The summed E-state index contributed by atoms with van der Waals surface area (Å²) >= 11 is 0. The van der Waals surface area contributed by atoms with Gasteiger partial charge in [0.15, 0.2) is 0 Å². The molecule has 0 atom stereocenters. The van der Waals surface area contributed by atoms with E-state index in [9.17, 15) is 30.0 Å². The largest absolute Gasteiger partial charge is 0.507 e. The third kappa shape index (κ3) is 26.2. The summed E-state index contributed by atoms with van der Waals surface area (Å²) < 4.78 is 0. The van der Waals surface area contributed by atoms with Gasteiger partial charge in [0.2, 0.25) is 0 Å². The number of phenolic OH excluding ortho intramolecular Hbond substituents is 4. The van der Waals surface area contributed by atoms with Gasteiger partial charge >= 0.3 is 11.9 Å². The van der Waals surface area contributed by atoms with Crippen LogP contribution in [-0.4, -0.2) is 91.6 Å². The molecule has 86 heavy (non-hydrogen) atoms. The van der Waals surface area contributed by atoms with Gasteiger partial charge in [0.05, 0.1) is 24.2 Å². The molecule has 0 bridgehead atoms. The zero-order chi connectivity index (χ0) is 65.2. The molecule has 4 rings (SSSR count). The third-order valence-corrected chi connectivity index (χ3v) is 14.3. The van der Waals surface area contributed by atoms with Crippen molar-refractivity contribution in [2.45, 2.75) is 261 Å². The molecule has 4 aromatic carbocycles. The first kappa shape index (κ1) is 80.7. The fraction of sp³-hybridized carbons (Fsp3) is 0.583. The number of carbonyl (C=O) groups is 2. The minimum absolute atomic E-state index is 0. The molecular weight excluding hydrogens is 1170 g/mol. The summed E-state index contributed by atoms with van der Waals surface area (Å²) in [5, 5.41) is 60.4. The number of carboxylic acids is 2. The fourth-order valence-corrected chi connectivity index (χ4v) is 8.79. The molecule has 0 aliphatic carbocycles. The van der Waals surface area contributed by atoms with Crippen molar-refractivity contribution in [2.75, 3.05) is 13.1 Å². The van der Waals surface area contributed by atoms with E-state index in [2.05, 4.69) is 169 Å². The molecule has 0 fully saturated rings. The molecule has 0 spiro atoms. The van der Waals surface area contributed by atoms with E-state index in [1.165, 1.54) is 16.7 Å². The van der Waals surface area contributed by atoms with Crippen LogP contribution in [0.3, 0.4) is 0 Å². The topological polar surface area (TPSA) is 205 Å². The monoisotopic (exact) mass is 1280 g/mol. The van der Waals surface area contributed by atoms with E-state index in [0.717, 1.165) is 50.1 Å². The van der Waals surface area contributed by atoms with Gasteiger partial charge in [-0.05, 0) is 132 Å². The van der Waals surface area contributed by atoms with E-state index < -0.39 is 23.0 Å². The van der Waals surface area contributed by atoms with Crippen LogP contribution in [0.4, 0.5) is 0 Å². The molecule has 12 nitrogen and oxygen atoms in total. The Hall–Kier alpha value is -5.29. The summed E-state index contributed by atoms with van der Waals surface area (Å²) in [5.41, 5.74) is 9.37. The van der Waals surface area contributed by atoms with Gasteiger partial charge in [0, 0.05) is 116 Å². The number of rotatable bonds is 16. The SMILES string of the molecule is CC(C)(CN=Cc1cc(C(C)(C)C)cc(C(C)(C)C)c1O)N=Cc1cc(C(C)(C)C)cc(C(C)(C)C)c1O.Cc1cc(C=NC(C)(C)CN=Cc2cc(C(C)(C)C)cc(C(C)(C)C)c2O)c(O)c(C(C)(C)C)c1.O=C(O)CCCCCC(=O)O.[Co].[Co]. The molecule has 0 amide bonds. The molecular formula is C72H110Co2N4O8. The van der Waals surface area contributed by atoms with Gasteiger partial charge in [-0.3, -0.25) is 29.6 Å². The van der Waals surface area contributed by atoms with Gasteiger partial charge in [-0.1, -0.05) is 176 Å². The average molecular weight is 1280 g/mol. The number of aliphatic imine (C=N–C) groups is 4. The van der Waals surface area contributed by atoms with Gasteiger partial charge in [-0.15, -0.1) is 0 Å². The fourth-order valence-electron chi connectivity index (χ4n) is 8.79. The average Bonchev–Trinajstić information content (AvgIpc) is 1.64. The van der Waals surface area contributed by atoms with E-state index in [4.69, 9.17) is 25.2 Å². The Morgan fingerprint density at radius 3 is 0.849 bits per heavy atom. The van der Waals surface area contributed by atoms with Crippen LogP contribution in [0.1, 0.15) is 272 Å². The van der Waals surface area contributed by atoms with E-state index in [1.807, 2.05) is 65.0 Å². The number of aryl methyl sites for hydroxylation is 1. The van der Waals surface area contributed by atoms with E-state index in [1.54, 1.807) is 24.9 Å². The van der Waals surface area contributed by atoms with Crippen LogP contribution in [-0.2, 0) is 81.1 Å². The number of unbranched alkanes of at least 4 members (excludes halogenated alkanes) is 2. The van der Waals surface area contributed by atoms with Crippen LogP contribution < -0.4 is 0 Å². The predicted molar refractivity (Wildman–Crippen MR) is 355 cm³/mol. The van der Waals surface area contributed by atoms with Crippen molar-refractivity contribution >= 4 is 36.8 Å². The number of aromatic hydroxyl groups is 4. The van der Waals surface area contributed by atoms with Crippen LogP contribution >= 0.6 is 0 Å². The Labute approximate surface area is 539 Å². The van der Waals surface area contributed by atoms with Crippen molar-refractivity contribution in [1.82, 2.24) is 0 Å². The second kappa shape index (κ2) is 31.3. The van der Waals surface area contributed by atoms with Gasteiger partial charge in [-0.25, -0.2) is 0 Å². The first-order valence-electron chi connectivity index (χ1n) is 29.8. The van der Waals surface area contributed by atoms with Crippen LogP contribution in [0, 0.1) is 6.92 Å². The van der Waals surface area contributed by atoms with Crippen molar-refractivity contribution in [3.63, 3.8) is 0 Å². The van der Waals surface area contributed by atoms with Crippen molar-refractivity contribution in [3.05, 3.63) is 115 Å². The Morgan fingerprint density at radius 2 is 0.605 bits per heavy atom. The molecule has 0 aromatic heterocycles. The summed E-state index contributed by atoms with van der Waals surface area (Å²) in [6.45, 7) is 55.9. The molecule has 0 saturated carbocycles. The van der Waals surface area contributed by atoms with Crippen molar-refractivity contribution in [2.24, 2.45) is 20.0 Å². The first-order chi connectivity index (χ1) is 37.8. The minimum Gasteiger partial charge on any atom is -0.507 e. The van der Waals surface area contributed by atoms with Crippen molar-refractivity contribution < 1.29 is 73.8 Å². The summed E-state index contributed by atoms with van der Waals surface area (Å²) in [5.74, 6) is -0.498. The van der Waals surface area contributed by atoms with Gasteiger partial charge in [0.25, 0.3) is 0 Å². The second-order valence-electron chi connectivity index (χ2n) is 31.3. The van der Waals surface area contributed by atoms with Gasteiger partial charge in [0.1, 0.15) is 23.0 Å². The number of aliphatic carboxylic acids is 2. The number of nitrogens with zero attached hydrogens (tertiary/aromatic N) is 4. The summed E-state index contributed by atoms with van der Waals surface area (Å²) in [6.07, 6.45) is 9.17. The Balaban J connectivity index is 0.00000140. The predicted octanol–water partition coefficient (Wildman–Crippen LogP) is 17.3. The van der Waals surface area contributed by atoms with Gasteiger partial charge in [-0.2, -0.15) is 0 Å². The molecule has 14 heteroatoms. The summed E-state index contributed by atoms with van der Waals surface area (Å²) in [7, 11) is 0. The number of hydrogen-bond acceptors (Lipinski definition) is 10. The molecule has 0 heterocycles. The van der Waals surface area contributed by atoms with Crippen LogP contribution in [0.25, 0.3) is 0 Å². The molecule has 0 unspecified atom stereocenters. The molecule has 4 aromatic rings. The molecule has 0 saturated heterocycles. The third-order valence-electron chi connectivity index (χ3n) is 14.3. The minimum atomic E-state index is -0.819. The molecule has 2 radical (unpaired) electrons. The van der Waals surface area contributed by atoms with Crippen LogP contribution in [0.15, 0.2) is 68.5 Å². The quantitative estimate of drug-likeness (QED) is 0.0469. The van der Waals surface area contributed by atoms with E-state index in [0.29, 0.717) is 32.4 Å². The standard InChI is InChI=1S/C34H52N2O2.C31H46N2O2.C7H12O4.2Co/c1-30(2,3)24-15-22(28(37)26(17-24)32(7,8)9)19-35-21-34(13,14)36-20-23-16-25(31(4,5)6)18-27(29(23)38)33(10,11)12;1-20-13-21(26(34)24(14-20)29(5,6)7)18-33-31(11,12)19-32-17-22-15-23(28(2,3)4)16-25(27(22)35)30(8,9)10;8-6(9)4-2-1-3-5-7(10)11;;/h15-20,37-38H,21H2,1-14H3;13-18,34-35H,19H2,1-12H3;1-5H2,(H,8,9)(H,10,11);;. The maximum atomic E-state index is 11.1. The van der Waals surface area contributed by atoms with Crippen molar-refractivity contribution in [1.29, 1.82) is 0 Å². The zero-order valence-corrected chi connectivity index (χ0v) is 59.4. The smallest absolute Gasteiger partial charge is 0.303 e. The second-order valence-corrected chi connectivity index (χ2v) is 31.3. The molecule has 0 aliphatic rings. The van der Waals surface area contributed by atoms with Gasteiger partial charge < -0.3 is 30.6 Å². The number of hydrogen-bond donors (Lipinski definition) is 6. The van der Waals surface area contributed by atoms with Crippen LogP contribution in [0.5, 0.6) is 23.0 Å². The molecule has 0 aliphatic heterocycles. The molecule has 484 valence electrons. The van der Waals surface area contributed by atoms with Crippen LogP contribution in [0.2, 0.25) is 0 Å². The zero-order valence-electron chi connectivity index (χ0n) is 57.3. The number of benzene rings is 4. The maximum absolute atomic E-state index is 11.1. The summed E-state index contributed by atoms with van der Waals surface area (Å²) in [4.78, 5) is 38.9. The Morgan fingerprint density at radius 1 is 0.360 bits per heavy atom. The maximum Gasteiger partial charge on any atom is 0.303 e. The number of carboxylic acid groups (broad SMARTS) is 2.